The summed E-state index contributed by atoms with van der Waals surface area (Å²) in [5, 5.41) is 0. The Bertz CT molecular complexity index is 562. The molecule has 0 aliphatic rings. The van der Waals surface area contributed by atoms with Gasteiger partial charge in [-0.25, -0.2) is 0 Å². The van der Waals surface area contributed by atoms with Crippen molar-refractivity contribution < 1.29 is 4.74 Å². The lowest BCUT2D eigenvalue weighted by molar-refractivity contribution is 0.202. The molecule has 0 spiro atoms. The predicted octanol–water partition coefficient (Wildman–Crippen LogP) is 4.39. The van der Waals surface area contributed by atoms with E-state index in [1.54, 1.807) is 0 Å². The first-order chi connectivity index (χ1) is 11.8. The van der Waals surface area contributed by atoms with E-state index in [9.17, 15) is 0 Å². The van der Waals surface area contributed by atoms with Gasteiger partial charge in [0.05, 0.1) is 0 Å². The fraction of sp³-hybridized carbons (Fsp3) is 0.429. The molecule has 0 amide bonds. The van der Waals surface area contributed by atoms with Gasteiger partial charge in [0.25, 0.3) is 0 Å². The second-order valence-corrected chi connectivity index (χ2v) is 6.13. The Balaban J connectivity index is 2.00. The van der Waals surface area contributed by atoms with Crippen molar-refractivity contribution in [3.63, 3.8) is 0 Å². The van der Waals surface area contributed by atoms with Crippen LogP contribution in [-0.2, 0) is 6.61 Å². The maximum absolute atomic E-state index is 6.07. The molecule has 3 nitrogen and oxygen atoms in total. The van der Waals surface area contributed by atoms with Crippen molar-refractivity contribution in [1.82, 2.24) is 4.90 Å². The molecule has 0 bridgehead atoms. The summed E-state index contributed by atoms with van der Waals surface area (Å²) in [4.78, 5) is 2.49. The number of hydrogen-bond donors (Lipinski definition) is 1. The van der Waals surface area contributed by atoms with Crippen LogP contribution in [0.5, 0.6) is 5.75 Å². The second kappa shape index (κ2) is 10.1. The first-order valence-corrected chi connectivity index (χ1v) is 8.99. The van der Waals surface area contributed by atoms with Crippen molar-refractivity contribution in [3.05, 3.63) is 65.7 Å². The van der Waals surface area contributed by atoms with Gasteiger partial charge in [0, 0.05) is 12.6 Å². The van der Waals surface area contributed by atoms with Gasteiger partial charge < -0.3 is 10.5 Å². The molecule has 2 aromatic carbocycles. The van der Waals surface area contributed by atoms with Crippen molar-refractivity contribution in [2.45, 2.75) is 39.3 Å². The number of ether oxygens (including phenoxy) is 1. The Hall–Kier alpha value is -1.84. The minimum atomic E-state index is 0.285. The molecule has 0 heterocycles. The summed E-state index contributed by atoms with van der Waals surface area (Å²) >= 11 is 0. The molecule has 2 aromatic rings. The SMILES string of the molecule is CCCN(CCC)C(CN)c1ccc(OCc2ccccc2)cc1. The molecule has 0 saturated carbocycles. The molecule has 2 rings (SSSR count). The molecule has 130 valence electrons. The summed E-state index contributed by atoms with van der Waals surface area (Å²) in [5.41, 5.74) is 8.52. The van der Waals surface area contributed by atoms with Gasteiger partial charge in [-0.1, -0.05) is 56.3 Å². The zero-order valence-corrected chi connectivity index (χ0v) is 14.9. The molecule has 24 heavy (non-hydrogen) atoms. The van der Waals surface area contributed by atoms with Gasteiger partial charge in [-0.3, -0.25) is 4.90 Å². The fourth-order valence-corrected chi connectivity index (χ4v) is 3.02. The summed E-state index contributed by atoms with van der Waals surface area (Å²) in [7, 11) is 0. The second-order valence-electron chi connectivity index (χ2n) is 6.13. The van der Waals surface area contributed by atoms with E-state index in [-0.39, 0.29) is 6.04 Å². The third kappa shape index (κ3) is 5.36. The molecule has 1 atom stereocenters. The number of hydrogen-bond acceptors (Lipinski definition) is 3. The maximum atomic E-state index is 6.07. The zero-order chi connectivity index (χ0) is 17.2. The Morgan fingerprint density at radius 3 is 2.08 bits per heavy atom. The van der Waals surface area contributed by atoms with Crippen molar-refractivity contribution in [1.29, 1.82) is 0 Å². The Kier molecular flexibility index (Phi) is 7.80. The van der Waals surface area contributed by atoms with E-state index in [0.29, 0.717) is 13.2 Å². The van der Waals surface area contributed by atoms with Gasteiger partial charge in [-0.2, -0.15) is 0 Å². The number of nitrogens with zero attached hydrogens (tertiary/aromatic N) is 1. The van der Waals surface area contributed by atoms with Crippen LogP contribution in [0.2, 0.25) is 0 Å². The van der Waals surface area contributed by atoms with E-state index < -0.39 is 0 Å². The van der Waals surface area contributed by atoms with E-state index >= 15 is 0 Å². The van der Waals surface area contributed by atoms with E-state index in [1.807, 2.05) is 18.2 Å². The molecule has 0 aromatic heterocycles. The van der Waals surface area contributed by atoms with Crippen molar-refractivity contribution in [2.24, 2.45) is 5.73 Å². The molecule has 2 N–H and O–H groups in total. The van der Waals surface area contributed by atoms with Gasteiger partial charge in [-0.05, 0) is 49.2 Å². The summed E-state index contributed by atoms with van der Waals surface area (Å²) in [6.07, 6.45) is 2.30. The first-order valence-electron chi connectivity index (χ1n) is 8.99. The quantitative estimate of drug-likeness (QED) is 0.704. The minimum Gasteiger partial charge on any atom is -0.489 e. The lowest BCUT2D eigenvalue weighted by Gasteiger charge is -2.30. The van der Waals surface area contributed by atoms with Crippen LogP contribution in [0, 0.1) is 0 Å². The Morgan fingerprint density at radius 2 is 1.54 bits per heavy atom. The number of benzene rings is 2. The number of nitrogens with two attached hydrogens (primary N) is 1. The Labute approximate surface area is 146 Å². The highest BCUT2D eigenvalue weighted by Crippen LogP contribution is 2.23. The van der Waals surface area contributed by atoms with Crippen LogP contribution in [-0.4, -0.2) is 24.5 Å². The predicted molar refractivity (Wildman–Crippen MR) is 101 cm³/mol. The van der Waals surface area contributed by atoms with Crippen molar-refractivity contribution in [3.8, 4) is 5.75 Å². The summed E-state index contributed by atoms with van der Waals surface area (Å²) in [6.45, 7) is 7.85. The highest BCUT2D eigenvalue weighted by Gasteiger charge is 2.17. The molecule has 1 unspecified atom stereocenters. The molecule has 0 aliphatic carbocycles. The van der Waals surface area contributed by atoms with Gasteiger partial charge in [0.2, 0.25) is 0 Å². The molecular weight excluding hydrogens is 296 g/mol. The minimum absolute atomic E-state index is 0.285. The molecule has 0 fully saturated rings. The van der Waals surface area contributed by atoms with Crippen LogP contribution in [0.15, 0.2) is 54.6 Å². The van der Waals surface area contributed by atoms with Crippen LogP contribution in [0.1, 0.15) is 43.9 Å². The highest BCUT2D eigenvalue weighted by atomic mass is 16.5. The van der Waals surface area contributed by atoms with Gasteiger partial charge >= 0.3 is 0 Å². The first kappa shape index (κ1) is 18.5. The average Bonchev–Trinajstić information content (AvgIpc) is 2.63. The van der Waals surface area contributed by atoms with Crippen molar-refractivity contribution in [2.75, 3.05) is 19.6 Å². The van der Waals surface area contributed by atoms with E-state index in [1.165, 1.54) is 11.1 Å². The maximum Gasteiger partial charge on any atom is 0.119 e. The highest BCUT2D eigenvalue weighted by molar-refractivity contribution is 5.30. The largest absolute Gasteiger partial charge is 0.489 e. The summed E-state index contributed by atoms with van der Waals surface area (Å²) < 4.78 is 5.87. The van der Waals surface area contributed by atoms with Crippen LogP contribution in [0.4, 0.5) is 0 Å². The standard InChI is InChI=1S/C21H30N2O/c1-3-14-23(15-4-2)21(16-22)19-10-12-20(13-11-19)24-17-18-8-6-5-7-9-18/h5-13,21H,3-4,14-17,22H2,1-2H3. The third-order valence-electron chi connectivity index (χ3n) is 4.20. The van der Waals surface area contributed by atoms with Crippen LogP contribution >= 0.6 is 0 Å². The van der Waals surface area contributed by atoms with Crippen molar-refractivity contribution >= 4 is 0 Å². The average molecular weight is 326 g/mol. The van der Waals surface area contributed by atoms with Crippen LogP contribution in [0.25, 0.3) is 0 Å². The lowest BCUT2D eigenvalue weighted by Crippen LogP contribution is -2.35. The van der Waals surface area contributed by atoms with Crippen LogP contribution in [0.3, 0.4) is 0 Å². The topological polar surface area (TPSA) is 38.5 Å². The van der Waals surface area contributed by atoms with E-state index in [4.69, 9.17) is 10.5 Å². The molecule has 3 heteroatoms. The van der Waals surface area contributed by atoms with E-state index in [0.717, 1.165) is 31.7 Å². The van der Waals surface area contributed by atoms with Crippen LogP contribution < -0.4 is 10.5 Å². The smallest absolute Gasteiger partial charge is 0.119 e. The van der Waals surface area contributed by atoms with Gasteiger partial charge in [0.1, 0.15) is 12.4 Å². The normalized spacial score (nSPS) is 12.3. The van der Waals surface area contributed by atoms with E-state index in [2.05, 4.69) is 55.1 Å². The third-order valence-corrected chi connectivity index (χ3v) is 4.20. The lowest BCUT2D eigenvalue weighted by atomic mass is 10.0. The summed E-state index contributed by atoms with van der Waals surface area (Å²) in [5.74, 6) is 0.899. The number of rotatable bonds is 10. The molecule has 0 radical (unpaired) electrons. The van der Waals surface area contributed by atoms with Gasteiger partial charge in [0.15, 0.2) is 0 Å². The fourth-order valence-electron chi connectivity index (χ4n) is 3.02. The van der Waals surface area contributed by atoms with Gasteiger partial charge in [-0.15, -0.1) is 0 Å². The molecule has 0 aliphatic heterocycles. The molecule has 0 saturated heterocycles. The zero-order valence-electron chi connectivity index (χ0n) is 14.9. The molecular formula is C21H30N2O. The Morgan fingerprint density at radius 1 is 0.917 bits per heavy atom. The monoisotopic (exact) mass is 326 g/mol. The summed E-state index contributed by atoms with van der Waals surface area (Å²) in [6, 6.07) is 18.9.